The van der Waals surface area contributed by atoms with Gasteiger partial charge >= 0.3 is 0 Å². The molecule has 138 valence electrons. The van der Waals surface area contributed by atoms with Gasteiger partial charge in [0.05, 0.1) is 23.9 Å². The van der Waals surface area contributed by atoms with Gasteiger partial charge in [0.15, 0.2) is 11.5 Å². The van der Waals surface area contributed by atoms with Crippen LogP contribution in [0.15, 0.2) is 35.2 Å². The average molecular weight is 392 g/mol. The molecule has 1 aliphatic rings. The second kappa shape index (κ2) is 8.69. The van der Waals surface area contributed by atoms with Crippen LogP contribution < -0.4 is 14.8 Å². The number of fused-ring (bicyclic) bond motifs is 1. The van der Waals surface area contributed by atoms with Crippen LogP contribution in [0.4, 0.5) is 5.69 Å². The molecule has 2 aromatic carbocycles. The Labute approximate surface area is 163 Å². The van der Waals surface area contributed by atoms with E-state index in [-0.39, 0.29) is 5.91 Å². The van der Waals surface area contributed by atoms with Crippen molar-refractivity contribution in [2.24, 2.45) is 0 Å². The molecule has 1 aliphatic heterocycles. The van der Waals surface area contributed by atoms with Gasteiger partial charge in [-0.2, -0.15) is 0 Å². The minimum atomic E-state index is -0.0716. The fourth-order valence-corrected chi connectivity index (χ4v) is 3.71. The molecule has 6 heteroatoms. The largest absolute Gasteiger partial charge is 0.490 e. The Morgan fingerprint density at radius 1 is 1.12 bits per heavy atom. The first kappa shape index (κ1) is 18.9. The summed E-state index contributed by atoms with van der Waals surface area (Å²) in [7, 11) is 0. The number of benzene rings is 2. The van der Waals surface area contributed by atoms with E-state index >= 15 is 0 Å². The first-order chi connectivity index (χ1) is 12.5. The lowest BCUT2D eigenvalue weighted by Crippen LogP contribution is -2.12. The van der Waals surface area contributed by atoms with Crippen molar-refractivity contribution in [3.8, 4) is 11.5 Å². The van der Waals surface area contributed by atoms with Gasteiger partial charge in [-0.05, 0) is 37.1 Å². The van der Waals surface area contributed by atoms with Crippen molar-refractivity contribution in [1.82, 2.24) is 0 Å². The maximum absolute atomic E-state index is 12.3. The lowest BCUT2D eigenvalue weighted by atomic mass is 10.1. The second-order valence-corrected chi connectivity index (χ2v) is 7.80. The number of nitrogens with one attached hydrogen (secondary N) is 1. The van der Waals surface area contributed by atoms with Gasteiger partial charge < -0.3 is 14.8 Å². The maximum atomic E-state index is 12.3. The second-order valence-electron chi connectivity index (χ2n) is 6.22. The van der Waals surface area contributed by atoms with Crippen molar-refractivity contribution >= 4 is 35.0 Å². The fourth-order valence-electron chi connectivity index (χ4n) is 2.56. The Hall–Kier alpha value is -1.85. The summed E-state index contributed by atoms with van der Waals surface area (Å²) in [5, 5.41) is 3.32. The van der Waals surface area contributed by atoms with Crippen LogP contribution in [-0.4, -0.2) is 24.9 Å². The van der Waals surface area contributed by atoms with E-state index in [1.165, 1.54) is 16.0 Å². The van der Waals surface area contributed by atoms with Crippen LogP contribution in [0.2, 0.25) is 5.02 Å². The van der Waals surface area contributed by atoms with Crippen molar-refractivity contribution in [3.63, 3.8) is 0 Å². The molecular weight excluding hydrogens is 370 g/mol. The molecule has 0 radical (unpaired) electrons. The average Bonchev–Trinajstić information content (AvgIpc) is 2.83. The Balaban J connectivity index is 1.56. The highest BCUT2D eigenvalue weighted by atomic mass is 35.5. The normalized spacial score (nSPS) is 13.2. The standard InChI is InChI=1S/C20H22ClNO3S/c1-13-4-5-15(10-14(13)2)26-9-6-20(23)22-17-12-19-18(11-16(17)21)24-7-3-8-25-19/h4-5,10-12H,3,6-9H2,1-2H3,(H,22,23). The van der Waals surface area contributed by atoms with Gasteiger partial charge in [0.25, 0.3) is 0 Å². The maximum Gasteiger partial charge on any atom is 0.225 e. The topological polar surface area (TPSA) is 47.6 Å². The number of hydrogen-bond acceptors (Lipinski definition) is 4. The summed E-state index contributed by atoms with van der Waals surface area (Å²) in [6, 6.07) is 9.78. The number of hydrogen-bond donors (Lipinski definition) is 1. The fraction of sp³-hybridized carbons (Fsp3) is 0.350. The van der Waals surface area contributed by atoms with Crippen LogP contribution in [0.1, 0.15) is 24.0 Å². The van der Waals surface area contributed by atoms with E-state index in [1.807, 2.05) is 0 Å². The van der Waals surface area contributed by atoms with Crippen LogP contribution in [0.25, 0.3) is 0 Å². The predicted octanol–water partition coefficient (Wildman–Crippen LogP) is 5.24. The summed E-state index contributed by atoms with van der Waals surface area (Å²) in [6.07, 6.45) is 1.23. The van der Waals surface area contributed by atoms with Crippen LogP contribution >= 0.6 is 23.4 Å². The zero-order valence-electron chi connectivity index (χ0n) is 14.9. The number of amides is 1. The molecule has 0 aliphatic carbocycles. The van der Waals surface area contributed by atoms with Crippen molar-refractivity contribution in [1.29, 1.82) is 0 Å². The lowest BCUT2D eigenvalue weighted by Gasteiger charge is -2.12. The van der Waals surface area contributed by atoms with Crippen molar-refractivity contribution in [3.05, 3.63) is 46.5 Å². The minimum absolute atomic E-state index is 0.0716. The van der Waals surface area contributed by atoms with E-state index in [0.29, 0.717) is 47.6 Å². The molecule has 26 heavy (non-hydrogen) atoms. The number of anilines is 1. The van der Waals surface area contributed by atoms with E-state index in [0.717, 1.165) is 6.42 Å². The lowest BCUT2D eigenvalue weighted by molar-refractivity contribution is -0.115. The van der Waals surface area contributed by atoms with Crippen molar-refractivity contribution in [2.75, 3.05) is 24.3 Å². The molecule has 4 nitrogen and oxygen atoms in total. The monoisotopic (exact) mass is 391 g/mol. The molecule has 0 spiro atoms. The van der Waals surface area contributed by atoms with Gasteiger partial charge in [0.1, 0.15) is 0 Å². The van der Waals surface area contributed by atoms with Gasteiger partial charge in [-0.3, -0.25) is 4.79 Å². The molecule has 0 aromatic heterocycles. The van der Waals surface area contributed by atoms with Crippen molar-refractivity contribution in [2.45, 2.75) is 31.6 Å². The number of rotatable bonds is 5. The highest BCUT2D eigenvalue weighted by Crippen LogP contribution is 2.37. The summed E-state index contributed by atoms with van der Waals surface area (Å²) in [5.74, 6) is 1.87. The molecule has 1 heterocycles. The van der Waals surface area contributed by atoms with Gasteiger partial charge in [-0.15, -0.1) is 11.8 Å². The summed E-state index contributed by atoms with van der Waals surface area (Å²) < 4.78 is 11.2. The van der Waals surface area contributed by atoms with E-state index in [4.69, 9.17) is 21.1 Å². The van der Waals surface area contributed by atoms with Crippen LogP contribution in [-0.2, 0) is 4.79 Å². The third-order valence-corrected chi connectivity index (χ3v) is 5.50. The van der Waals surface area contributed by atoms with Gasteiger partial charge in [-0.25, -0.2) is 0 Å². The quantitative estimate of drug-likeness (QED) is 0.708. The highest BCUT2D eigenvalue weighted by molar-refractivity contribution is 7.99. The number of thioether (sulfide) groups is 1. The van der Waals surface area contributed by atoms with Crippen LogP contribution in [0.3, 0.4) is 0 Å². The molecule has 0 saturated heterocycles. The molecule has 1 N–H and O–H groups in total. The Morgan fingerprint density at radius 2 is 1.85 bits per heavy atom. The highest BCUT2D eigenvalue weighted by Gasteiger charge is 2.15. The smallest absolute Gasteiger partial charge is 0.225 e. The number of halogens is 1. The molecule has 0 bridgehead atoms. The Bertz CT molecular complexity index is 810. The Kier molecular flexibility index (Phi) is 6.33. The van der Waals surface area contributed by atoms with Gasteiger partial charge in [-0.1, -0.05) is 17.7 Å². The summed E-state index contributed by atoms with van der Waals surface area (Å²) >= 11 is 7.94. The van der Waals surface area contributed by atoms with Crippen molar-refractivity contribution < 1.29 is 14.3 Å². The molecule has 0 unspecified atom stereocenters. The van der Waals surface area contributed by atoms with E-state index < -0.39 is 0 Å². The molecule has 2 aromatic rings. The van der Waals surface area contributed by atoms with E-state index in [2.05, 4.69) is 37.4 Å². The number of ether oxygens (including phenoxy) is 2. The molecule has 0 saturated carbocycles. The van der Waals surface area contributed by atoms with Gasteiger partial charge in [0.2, 0.25) is 5.91 Å². The SMILES string of the molecule is Cc1ccc(SCCC(=O)Nc2cc3c(cc2Cl)OCCCO3)cc1C. The summed E-state index contributed by atoms with van der Waals surface area (Å²) in [4.78, 5) is 13.4. The predicted molar refractivity (Wildman–Crippen MR) is 107 cm³/mol. The Morgan fingerprint density at radius 3 is 2.58 bits per heavy atom. The molecule has 0 atom stereocenters. The zero-order chi connectivity index (χ0) is 18.5. The zero-order valence-corrected chi connectivity index (χ0v) is 16.5. The molecular formula is C20H22ClNO3S. The molecule has 0 fully saturated rings. The molecule has 1 amide bonds. The van der Waals surface area contributed by atoms with Crippen LogP contribution in [0, 0.1) is 13.8 Å². The van der Waals surface area contributed by atoms with E-state index in [1.54, 1.807) is 23.9 Å². The number of carbonyl (C=O) groups is 1. The third-order valence-electron chi connectivity index (χ3n) is 4.19. The third kappa shape index (κ3) is 4.86. The minimum Gasteiger partial charge on any atom is -0.490 e. The summed E-state index contributed by atoms with van der Waals surface area (Å²) in [5.41, 5.74) is 3.09. The first-order valence-corrected chi connectivity index (χ1v) is 9.98. The van der Waals surface area contributed by atoms with E-state index in [9.17, 15) is 4.79 Å². The number of carbonyl (C=O) groups excluding carboxylic acids is 1. The molecule has 3 rings (SSSR count). The summed E-state index contributed by atoms with van der Waals surface area (Å²) in [6.45, 7) is 5.38. The first-order valence-electron chi connectivity index (χ1n) is 8.62. The van der Waals surface area contributed by atoms with Crippen LogP contribution in [0.5, 0.6) is 11.5 Å². The number of aryl methyl sites for hydroxylation is 2. The van der Waals surface area contributed by atoms with Gasteiger partial charge in [0, 0.05) is 35.6 Å².